The molecular weight excluding hydrogens is 462 g/mol. The lowest BCUT2D eigenvalue weighted by Gasteiger charge is -2.31. The number of fused-ring (bicyclic) bond motifs is 1. The molecule has 0 spiro atoms. The minimum absolute atomic E-state index is 0.0559. The molecule has 1 aliphatic rings. The molecule has 0 radical (unpaired) electrons. The summed E-state index contributed by atoms with van der Waals surface area (Å²) < 4.78 is 16.8. The first-order valence-corrected chi connectivity index (χ1v) is 12.8. The first-order valence-electron chi connectivity index (χ1n) is 12.8. The van der Waals surface area contributed by atoms with Gasteiger partial charge in [-0.05, 0) is 67.0 Å². The molecule has 1 saturated heterocycles. The molecule has 3 aromatic carbocycles. The minimum atomic E-state index is 0.0559. The van der Waals surface area contributed by atoms with Gasteiger partial charge in [-0.3, -0.25) is 4.79 Å². The number of carbonyl (C=O) groups excluding carboxylic acids is 1. The molecule has 5 rings (SSSR count). The van der Waals surface area contributed by atoms with Gasteiger partial charge in [0.1, 0.15) is 17.1 Å². The van der Waals surface area contributed by atoms with Crippen LogP contribution in [0.25, 0.3) is 27.7 Å². The third-order valence-corrected chi connectivity index (χ3v) is 7.35. The van der Waals surface area contributed by atoms with Crippen molar-refractivity contribution < 1.29 is 18.7 Å². The Kier molecular flexibility index (Phi) is 7.31. The number of methoxy groups -OCH3 is 2. The third kappa shape index (κ3) is 5.41. The van der Waals surface area contributed by atoms with E-state index in [0.717, 1.165) is 71.3 Å². The van der Waals surface area contributed by atoms with Crippen molar-refractivity contribution in [3.63, 3.8) is 0 Å². The van der Waals surface area contributed by atoms with Crippen LogP contribution in [0.15, 0.2) is 83.5 Å². The second kappa shape index (κ2) is 11.0. The number of furan rings is 1. The van der Waals surface area contributed by atoms with Crippen molar-refractivity contribution in [3.05, 3.63) is 90.2 Å². The fourth-order valence-electron chi connectivity index (χ4n) is 5.19. The second-order valence-electron chi connectivity index (χ2n) is 9.71. The number of amides is 1. The van der Waals surface area contributed by atoms with Gasteiger partial charge < -0.3 is 18.8 Å². The molecule has 1 aromatic heterocycles. The van der Waals surface area contributed by atoms with Crippen molar-refractivity contribution in [3.8, 4) is 22.6 Å². The first kappa shape index (κ1) is 24.7. The Balaban J connectivity index is 1.34. The molecule has 0 unspecified atom stereocenters. The van der Waals surface area contributed by atoms with Crippen molar-refractivity contribution in [2.45, 2.75) is 26.2 Å². The summed E-state index contributed by atoms with van der Waals surface area (Å²) in [5, 5.41) is 0.975. The zero-order valence-electron chi connectivity index (χ0n) is 21.7. The molecule has 190 valence electrons. The van der Waals surface area contributed by atoms with E-state index in [1.165, 1.54) is 5.56 Å². The largest absolute Gasteiger partial charge is 0.497 e. The van der Waals surface area contributed by atoms with Crippen LogP contribution in [-0.2, 0) is 11.2 Å². The van der Waals surface area contributed by atoms with E-state index < -0.39 is 0 Å². The summed E-state index contributed by atoms with van der Waals surface area (Å²) in [6.45, 7) is 3.55. The van der Waals surface area contributed by atoms with E-state index in [1.807, 2.05) is 42.2 Å². The molecule has 4 aromatic rings. The van der Waals surface area contributed by atoms with E-state index in [-0.39, 0.29) is 5.91 Å². The van der Waals surface area contributed by atoms with E-state index in [2.05, 4.69) is 36.4 Å². The topological polar surface area (TPSA) is 51.9 Å². The highest BCUT2D eigenvalue weighted by Gasteiger charge is 2.23. The first-order chi connectivity index (χ1) is 18.1. The molecule has 1 aliphatic heterocycles. The Labute approximate surface area is 218 Å². The van der Waals surface area contributed by atoms with Gasteiger partial charge in [-0.2, -0.15) is 0 Å². The SMILES string of the molecule is COc1ccc(-c2coc3cc(OC)c(/C(C)=C/C(=O)N4CCC(Cc5ccccc5)CC4)cc23)cc1. The summed E-state index contributed by atoms with van der Waals surface area (Å²) in [6.07, 6.45) is 6.65. The highest BCUT2D eigenvalue weighted by Crippen LogP contribution is 2.38. The van der Waals surface area contributed by atoms with Gasteiger partial charge in [-0.25, -0.2) is 0 Å². The van der Waals surface area contributed by atoms with Crippen molar-refractivity contribution in [1.82, 2.24) is 4.90 Å². The van der Waals surface area contributed by atoms with Gasteiger partial charge in [-0.15, -0.1) is 0 Å². The minimum Gasteiger partial charge on any atom is -0.497 e. The van der Waals surface area contributed by atoms with Crippen LogP contribution in [0.3, 0.4) is 0 Å². The molecule has 0 aliphatic carbocycles. The molecule has 2 heterocycles. The average Bonchev–Trinajstić information content (AvgIpc) is 3.36. The lowest BCUT2D eigenvalue weighted by molar-refractivity contribution is -0.127. The number of piperidine rings is 1. The zero-order chi connectivity index (χ0) is 25.8. The number of rotatable bonds is 7. The third-order valence-electron chi connectivity index (χ3n) is 7.35. The predicted molar refractivity (Wildman–Crippen MR) is 148 cm³/mol. The number of ether oxygens (including phenoxy) is 2. The van der Waals surface area contributed by atoms with E-state index in [9.17, 15) is 4.79 Å². The van der Waals surface area contributed by atoms with E-state index in [0.29, 0.717) is 11.7 Å². The van der Waals surface area contributed by atoms with E-state index in [1.54, 1.807) is 26.6 Å². The van der Waals surface area contributed by atoms with Crippen LogP contribution in [-0.4, -0.2) is 38.1 Å². The van der Waals surface area contributed by atoms with Crippen LogP contribution in [0.5, 0.6) is 11.5 Å². The smallest absolute Gasteiger partial charge is 0.246 e. The molecule has 0 N–H and O–H groups in total. The number of likely N-dealkylation sites (tertiary alicyclic amines) is 1. The summed E-state index contributed by atoms with van der Waals surface area (Å²) >= 11 is 0. The standard InChI is InChI=1S/C32H33NO4/c1-22(17-32(34)33-15-13-24(14-16-33)18-23-7-5-4-6-8-23)27-19-28-29(21-37-31(28)20-30(27)36-3)25-9-11-26(35-2)12-10-25/h4-12,17,19-21,24H,13-16,18H2,1-3H3/b22-17+. The Morgan fingerprint density at radius 1 is 1.00 bits per heavy atom. The maximum atomic E-state index is 13.2. The lowest BCUT2D eigenvalue weighted by atomic mass is 9.90. The monoisotopic (exact) mass is 495 g/mol. The Morgan fingerprint density at radius 3 is 2.41 bits per heavy atom. The fraction of sp³-hybridized carbons (Fsp3) is 0.281. The zero-order valence-corrected chi connectivity index (χ0v) is 21.7. The predicted octanol–water partition coefficient (Wildman–Crippen LogP) is 7.00. The Hall–Kier alpha value is -3.99. The molecule has 1 fully saturated rings. The highest BCUT2D eigenvalue weighted by atomic mass is 16.5. The summed E-state index contributed by atoms with van der Waals surface area (Å²) in [5.74, 6) is 2.17. The molecule has 37 heavy (non-hydrogen) atoms. The van der Waals surface area contributed by atoms with E-state index >= 15 is 0 Å². The van der Waals surface area contributed by atoms with Gasteiger partial charge in [0.15, 0.2) is 0 Å². The molecule has 0 bridgehead atoms. The molecule has 0 atom stereocenters. The van der Waals surface area contributed by atoms with Crippen molar-refractivity contribution in [2.75, 3.05) is 27.3 Å². The van der Waals surface area contributed by atoms with Crippen LogP contribution >= 0.6 is 0 Å². The summed E-state index contributed by atoms with van der Waals surface area (Å²) in [5.41, 5.74) is 5.90. The van der Waals surface area contributed by atoms with Gasteiger partial charge in [-0.1, -0.05) is 42.5 Å². The van der Waals surface area contributed by atoms with Crippen LogP contribution in [0.2, 0.25) is 0 Å². The fourth-order valence-corrected chi connectivity index (χ4v) is 5.19. The highest BCUT2D eigenvalue weighted by molar-refractivity contribution is 6.00. The number of hydrogen-bond acceptors (Lipinski definition) is 4. The molecule has 0 saturated carbocycles. The van der Waals surface area contributed by atoms with Crippen molar-refractivity contribution in [2.24, 2.45) is 5.92 Å². The maximum absolute atomic E-state index is 13.2. The van der Waals surface area contributed by atoms with E-state index in [4.69, 9.17) is 13.9 Å². The van der Waals surface area contributed by atoms with Crippen LogP contribution in [0.4, 0.5) is 0 Å². The summed E-state index contributed by atoms with van der Waals surface area (Å²) in [7, 11) is 3.30. The molecule has 1 amide bonds. The number of carbonyl (C=O) groups is 1. The Morgan fingerprint density at radius 2 is 1.73 bits per heavy atom. The number of allylic oxidation sites excluding steroid dienone is 1. The molecule has 5 heteroatoms. The summed E-state index contributed by atoms with van der Waals surface area (Å²) in [4.78, 5) is 15.2. The van der Waals surface area contributed by atoms with Gasteiger partial charge in [0.25, 0.3) is 0 Å². The average molecular weight is 496 g/mol. The summed E-state index contributed by atoms with van der Waals surface area (Å²) in [6, 6.07) is 22.5. The van der Waals surface area contributed by atoms with Crippen molar-refractivity contribution in [1.29, 1.82) is 0 Å². The number of nitrogens with zero attached hydrogens (tertiary/aromatic N) is 1. The van der Waals surface area contributed by atoms with Gasteiger partial charge in [0.2, 0.25) is 5.91 Å². The van der Waals surface area contributed by atoms with Crippen LogP contribution < -0.4 is 9.47 Å². The number of benzene rings is 3. The van der Waals surface area contributed by atoms with Crippen LogP contribution in [0.1, 0.15) is 30.9 Å². The van der Waals surface area contributed by atoms with Gasteiger partial charge >= 0.3 is 0 Å². The van der Waals surface area contributed by atoms with Gasteiger partial charge in [0, 0.05) is 41.7 Å². The molecule has 5 nitrogen and oxygen atoms in total. The van der Waals surface area contributed by atoms with Crippen molar-refractivity contribution >= 4 is 22.4 Å². The Bertz CT molecular complexity index is 1390. The second-order valence-corrected chi connectivity index (χ2v) is 9.71. The lowest BCUT2D eigenvalue weighted by Crippen LogP contribution is -2.38. The van der Waals surface area contributed by atoms with Crippen LogP contribution in [0, 0.1) is 5.92 Å². The quantitative estimate of drug-likeness (QED) is 0.259. The number of hydrogen-bond donors (Lipinski definition) is 0. The molecular formula is C32H33NO4. The maximum Gasteiger partial charge on any atom is 0.246 e. The van der Waals surface area contributed by atoms with Gasteiger partial charge in [0.05, 0.1) is 20.5 Å². The normalized spacial score (nSPS) is 14.7.